The molecule has 0 aliphatic rings. The van der Waals surface area contributed by atoms with Crippen molar-refractivity contribution in [2.24, 2.45) is 0 Å². The van der Waals surface area contributed by atoms with Gasteiger partial charge in [-0.2, -0.15) is 0 Å². The maximum atomic E-state index is 15.7. The van der Waals surface area contributed by atoms with Gasteiger partial charge in [0, 0.05) is 46.8 Å². The van der Waals surface area contributed by atoms with Gasteiger partial charge in [0.1, 0.15) is 5.75 Å². The van der Waals surface area contributed by atoms with Crippen molar-refractivity contribution in [3.8, 4) is 5.75 Å². The summed E-state index contributed by atoms with van der Waals surface area (Å²) < 4.78 is 22.7. The Kier molecular flexibility index (Phi) is 10.8. The highest BCUT2D eigenvalue weighted by atomic mass is 31.2. The molecule has 0 amide bonds. The highest BCUT2D eigenvalue weighted by Gasteiger charge is 2.34. The molecule has 4 aromatic rings. The van der Waals surface area contributed by atoms with Gasteiger partial charge in [0.15, 0.2) is 7.14 Å². The van der Waals surface area contributed by atoms with Gasteiger partial charge < -0.3 is 18.8 Å². The summed E-state index contributed by atoms with van der Waals surface area (Å²) in [5.74, 6) is 1.02. The smallest absolute Gasteiger partial charge is 0.242 e. The lowest BCUT2D eigenvalue weighted by Gasteiger charge is -2.35. The molecule has 0 heterocycles. The van der Waals surface area contributed by atoms with Gasteiger partial charge >= 0.3 is 0 Å². The molecule has 4 rings (SSSR count). The van der Waals surface area contributed by atoms with Crippen molar-refractivity contribution < 1.29 is 8.99 Å². The number of hydrogen-bond donors (Lipinski definition) is 0. The summed E-state index contributed by atoms with van der Waals surface area (Å²) in [5.41, 5.74) is 4.59. The molecule has 0 radical (unpaired) electrons. The fraction of sp³-hybridized carbons (Fsp3) is 0.400. The molecule has 4 nitrogen and oxygen atoms in total. The Hall–Kier alpha value is -3.11. The highest BCUT2D eigenvalue weighted by molar-refractivity contribution is 7.85. The third-order valence-corrected chi connectivity index (χ3v) is 12.2. The molecule has 0 unspecified atom stereocenters. The van der Waals surface area contributed by atoms with E-state index in [0.29, 0.717) is 6.54 Å². The number of anilines is 1. The largest absolute Gasteiger partial charge is 0.544 e. The Morgan fingerprint density at radius 3 is 1.70 bits per heavy atom. The number of rotatable bonds is 11. The number of likely N-dealkylation sites (N-methyl/N-ethyl adjacent to an activating group) is 1. The molecule has 6 heteroatoms. The van der Waals surface area contributed by atoms with Crippen molar-refractivity contribution in [1.82, 2.24) is 4.90 Å². The Bertz CT molecular complexity index is 1610. The van der Waals surface area contributed by atoms with Gasteiger partial charge in [-0.05, 0) is 73.9 Å². The minimum Gasteiger partial charge on any atom is -0.544 e. The second-order valence-electron chi connectivity index (χ2n) is 15.7. The van der Waals surface area contributed by atoms with E-state index in [2.05, 4.69) is 115 Å². The van der Waals surface area contributed by atoms with Crippen molar-refractivity contribution >= 4 is 37.1 Å². The average molecular weight is 655 g/mol. The SMILES string of the molecule is CN(C)CCN(Cc1cc(C(C)(C)C)cc(C(C)(C)C)c1O[Si](C)(C)C)c1ccccc1P(=O)(c1ccccc1)c1ccccc1. The van der Waals surface area contributed by atoms with Crippen LogP contribution in [0.3, 0.4) is 0 Å². The Balaban J connectivity index is 2.00. The summed E-state index contributed by atoms with van der Waals surface area (Å²) in [6.45, 7) is 22.7. The molecule has 0 fully saturated rings. The fourth-order valence-electron chi connectivity index (χ4n) is 5.74. The molecule has 0 bridgehead atoms. The number of nitrogens with zero attached hydrogens (tertiary/aromatic N) is 2. The van der Waals surface area contributed by atoms with Crippen molar-refractivity contribution in [3.63, 3.8) is 0 Å². The van der Waals surface area contributed by atoms with Crippen LogP contribution >= 0.6 is 7.14 Å². The molecule has 4 aromatic carbocycles. The first-order chi connectivity index (χ1) is 21.4. The molecule has 46 heavy (non-hydrogen) atoms. The first kappa shape index (κ1) is 35.7. The van der Waals surface area contributed by atoms with Crippen LogP contribution in [0.1, 0.15) is 58.2 Å². The van der Waals surface area contributed by atoms with E-state index in [1.54, 1.807) is 0 Å². The van der Waals surface area contributed by atoms with E-state index < -0.39 is 15.5 Å². The van der Waals surface area contributed by atoms with E-state index in [9.17, 15) is 0 Å². The van der Waals surface area contributed by atoms with E-state index >= 15 is 4.57 Å². The van der Waals surface area contributed by atoms with Crippen molar-refractivity contribution in [2.75, 3.05) is 32.1 Å². The van der Waals surface area contributed by atoms with Gasteiger partial charge in [-0.25, -0.2) is 0 Å². The normalized spacial score (nSPS) is 12.8. The second-order valence-corrected chi connectivity index (χ2v) is 22.9. The summed E-state index contributed by atoms with van der Waals surface area (Å²) in [7, 11) is -0.964. The first-order valence-electron chi connectivity index (χ1n) is 16.5. The van der Waals surface area contributed by atoms with Crippen LogP contribution in [0.5, 0.6) is 5.75 Å². The average Bonchev–Trinajstić information content (AvgIpc) is 2.98. The van der Waals surface area contributed by atoms with Gasteiger partial charge in [0.2, 0.25) is 8.32 Å². The quantitative estimate of drug-likeness (QED) is 0.120. The van der Waals surface area contributed by atoms with Crippen LogP contribution in [0.4, 0.5) is 5.69 Å². The molecule has 0 aromatic heterocycles. The molecule has 0 saturated heterocycles. The van der Waals surface area contributed by atoms with E-state index in [4.69, 9.17) is 4.43 Å². The molecular formula is C40H55N2O2PSi. The van der Waals surface area contributed by atoms with E-state index in [-0.39, 0.29) is 10.8 Å². The monoisotopic (exact) mass is 654 g/mol. The minimum absolute atomic E-state index is 0.0326. The number of hydrogen-bond acceptors (Lipinski definition) is 4. The van der Waals surface area contributed by atoms with E-state index in [1.165, 1.54) is 16.7 Å². The van der Waals surface area contributed by atoms with Crippen LogP contribution < -0.4 is 25.2 Å². The molecule has 246 valence electrons. The predicted molar refractivity (Wildman–Crippen MR) is 203 cm³/mol. The van der Waals surface area contributed by atoms with Crippen LogP contribution in [-0.4, -0.2) is 40.4 Å². The topological polar surface area (TPSA) is 32.8 Å². The number of benzene rings is 4. The molecule has 0 saturated carbocycles. The van der Waals surface area contributed by atoms with Crippen molar-refractivity contribution in [3.05, 3.63) is 114 Å². The Morgan fingerprint density at radius 1 is 0.696 bits per heavy atom. The van der Waals surface area contributed by atoms with Crippen LogP contribution in [0, 0.1) is 0 Å². The lowest BCUT2D eigenvalue weighted by molar-refractivity contribution is 0.412. The van der Waals surface area contributed by atoms with Crippen molar-refractivity contribution in [1.29, 1.82) is 0 Å². The third kappa shape index (κ3) is 8.42. The van der Waals surface area contributed by atoms with Gasteiger partial charge in [0.05, 0.1) is 0 Å². The van der Waals surface area contributed by atoms with Gasteiger partial charge in [-0.1, -0.05) is 120 Å². The molecule has 0 N–H and O–H groups in total. The summed E-state index contributed by atoms with van der Waals surface area (Å²) >= 11 is 0. The summed E-state index contributed by atoms with van der Waals surface area (Å²) in [6, 6.07) is 33.0. The van der Waals surface area contributed by atoms with Gasteiger partial charge in [0.25, 0.3) is 0 Å². The first-order valence-corrected chi connectivity index (χ1v) is 21.6. The zero-order valence-corrected chi connectivity index (χ0v) is 31.9. The third-order valence-electron chi connectivity index (χ3n) is 8.23. The molecule has 0 aliphatic heterocycles. The lowest BCUT2D eigenvalue weighted by atomic mass is 9.79. The minimum atomic E-state index is -3.22. The van der Waals surface area contributed by atoms with Gasteiger partial charge in [-0.15, -0.1) is 0 Å². The zero-order chi connectivity index (χ0) is 33.9. The van der Waals surface area contributed by atoms with Crippen molar-refractivity contribution in [2.45, 2.75) is 78.6 Å². The molecule has 0 atom stereocenters. The molecule has 0 spiro atoms. The zero-order valence-electron chi connectivity index (χ0n) is 30.0. The van der Waals surface area contributed by atoms with Crippen LogP contribution in [0.25, 0.3) is 0 Å². The number of para-hydroxylation sites is 1. The second kappa shape index (κ2) is 13.9. The van der Waals surface area contributed by atoms with Crippen LogP contribution in [-0.2, 0) is 21.9 Å². The lowest BCUT2D eigenvalue weighted by Crippen LogP contribution is -2.37. The van der Waals surface area contributed by atoms with Crippen LogP contribution in [0.2, 0.25) is 19.6 Å². The molecule has 0 aliphatic carbocycles. The summed E-state index contributed by atoms with van der Waals surface area (Å²) in [6.07, 6.45) is 0. The maximum Gasteiger partial charge on any atom is 0.242 e. The summed E-state index contributed by atoms with van der Waals surface area (Å²) in [4.78, 5) is 4.65. The van der Waals surface area contributed by atoms with E-state index in [1.807, 2.05) is 66.7 Å². The predicted octanol–water partition coefficient (Wildman–Crippen LogP) is 8.70. The Labute approximate surface area is 280 Å². The van der Waals surface area contributed by atoms with Gasteiger partial charge in [-0.3, -0.25) is 0 Å². The fourth-order valence-corrected chi connectivity index (χ4v) is 9.46. The van der Waals surface area contributed by atoms with E-state index in [0.717, 1.165) is 40.4 Å². The maximum absolute atomic E-state index is 15.7. The highest BCUT2D eigenvalue weighted by Crippen LogP contribution is 2.46. The molecular weight excluding hydrogens is 600 g/mol. The summed E-state index contributed by atoms with van der Waals surface area (Å²) in [5, 5.41) is 2.55. The standard InChI is InChI=1S/C40H55N2O2PSi/c1-39(2,3)32-28-31(38(44-46(9,10)11)35(29-32)40(4,5)6)30-42(27-26-41(7)8)36-24-18-19-25-37(36)45(43,33-20-14-12-15-21-33)34-22-16-13-17-23-34/h12-25,28-29H,26-27,30H2,1-11H3. The Morgan fingerprint density at radius 2 is 1.22 bits per heavy atom. The van der Waals surface area contributed by atoms with Crippen LogP contribution in [0.15, 0.2) is 97.1 Å².